The second kappa shape index (κ2) is 14.3. The highest BCUT2D eigenvalue weighted by atomic mass is 16.2. The molecular weight excluding hydrogens is 705 g/mol. The summed E-state index contributed by atoms with van der Waals surface area (Å²) in [4.78, 5) is 59.0. The number of anilines is 2. The largest absolute Gasteiger partial charge is 0.268 e. The van der Waals surface area contributed by atoms with E-state index in [-0.39, 0.29) is 41.4 Å². The van der Waals surface area contributed by atoms with E-state index in [1.165, 1.54) is 9.80 Å². The predicted molar refractivity (Wildman–Crippen MR) is 230 cm³/mol. The van der Waals surface area contributed by atoms with Crippen molar-refractivity contribution in [2.75, 3.05) is 9.80 Å². The number of aryl methyl sites for hydroxylation is 2. The summed E-state index contributed by atoms with van der Waals surface area (Å²) < 4.78 is 0. The normalized spacial score (nSPS) is 13.8. The monoisotopic (exact) mass is 750 g/mol. The van der Waals surface area contributed by atoms with E-state index in [4.69, 9.17) is 0 Å². The fourth-order valence-corrected chi connectivity index (χ4v) is 8.16. The van der Waals surface area contributed by atoms with Gasteiger partial charge in [0.2, 0.25) is 0 Å². The van der Waals surface area contributed by atoms with Crippen molar-refractivity contribution in [2.45, 2.75) is 73.1 Å². The first kappa shape index (κ1) is 37.5. The quantitative estimate of drug-likeness (QED) is 0.145. The first-order valence-corrected chi connectivity index (χ1v) is 19.7. The van der Waals surface area contributed by atoms with Crippen LogP contribution in [0.1, 0.15) is 129 Å². The highest BCUT2D eigenvalue weighted by molar-refractivity contribution is 6.36. The van der Waals surface area contributed by atoms with Crippen LogP contribution in [0, 0.1) is 13.8 Å². The average molecular weight is 751 g/mol. The molecule has 0 radical (unpaired) electrons. The Balaban J connectivity index is 1.17. The first-order chi connectivity index (χ1) is 27.2. The zero-order chi connectivity index (χ0) is 40.4. The van der Waals surface area contributed by atoms with Gasteiger partial charge in [0.1, 0.15) is 0 Å². The lowest BCUT2D eigenvalue weighted by molar-refractivity contribution is 0.0910. The molecule has 0 fully saturated rings. The summed E-state index contributed by atoms with van der Waals surface area (Å²) in [5.41, 5.74) is 13.4. The van der Waals surface area contributed by atoms with Crippen LogP contribution in [0.25, 0.3) is 33.4 Å². The van der Waals surface area contributed by atoms with E-state index < -0.39 is 0 Å². The molecule has 2 aliphatic heterocycles. The third kappa shape index (κ3) is 6.39. The summed E-state index contributed by atoms with van der Waals surface area (Å²) in [6.07, 6.45) is 0. The van der Waals surface area contributed by atoms with Crippen molar-refractivity contribution in [2.24, 2.45) is 0 Å². The van der Waals surface area contributed by atoms with Gasteiger partial charge in [-0.3, -0.25) is 19.2 Å². The van der Waals surface area contributed by atoms with Gasteiger partial charge in [-0.1, -0.05) is 119 Å². The Morgan fingerprint density at radius 1 is 0.333 bits per heavy atom. The van der Waals surface area contributed by atoms with Crippen molar-refractivity contribution in [1.29, 1.82) is 0 Å². The molecule has 0 saturated carbocycles. The van der Waals surface area contributed by atoms with Crippen LogP contribution < -0.4 is 9.80 Å². The SMILES string of the molecule is Cc1ccc(-c2ccc3c(c2)C(=O)N(c2ccc(-c4cc(C(C)C)c(N5C(=O)c6ccc(-c7ccc(C)cc7)cc6C5=O)cc4C(C)C)cc2C(C)C)C3=O)cc1. The molecule has 0 saturated heterocycles. The van der Waals surface area contributed by atoms with Crippen molar-refractivity contribution >= 4 is 35.0 Å². The number of benzene rings is 6. The minimum absolute atomic E-state index is 0.0122. The predicted octanol–water partition coefficient (Wildman–Crippen LogP) is 12.3. The lowest BCUT2D eigenvalue weighted by Gasteiger charge is -2.26. The van der Waals surface area contributed by atoms with Gasteiger partial charge in [-0.05, 0) is 130 Å². The summed E-state index contributed by atoms with van der Waals surface area (Å²) in [6.45, 7) is 16.6. The molecular formula is C51H46N2O4. The summed E-state index contributed by atoms with van der Waals surface area (Å²) in [6, 6.07) is 37.3. The Morgan fingerprint density at radius 2 is 0.719 bits per heavy atom. The molecule has 4 amide bonds. The minimum Gasteiger partial charge on any atom is -0.268 e. The zero-order valence-corrected chi connectivity index (χ0v) is 33.7. The van der Waals surface area contributed by atoms with Gasteiger partial charge in [0.25, 0.3) is 23.6 Å². The second-order valence-corrected chi connectivity index (χ2v) is 16.4. The molecule has 0 spiro atoms. The van der Waals surface area contributed by atoms with Crippen molar-refractivity contribution in [3.63, 3.8) is 0 Å². The van der Waals surface area contributed by atoms with Gasteiger partial charge in [-0.15, -0.1) is 0 Å². The number of fused-ring (bicyclic) bond motifs is 2. The standard InChI is InChI=1S/C51H46N2O4/c1-28(2)40-27-47(53-49(55)39-21-18-36(24-45(39)51(53)57)34-15-11-32(8)12-16-34)42(30(5)6)26-43(40)37-19-22-46(41(25-37)29(3)4)52-48(54)38-20-17-35(23-44(38)50(52)56)33-13-9-31(7)10-14-33/h9-30H,1-8H3. The Hall–Kier alpha value is -6.40. The molecule has 0 bridgehead atoms. The summed E-state index contributed by atoms with van der Waals surface area (Å²) in [7, 11) is 0. The molecule has 6 aromatic carbocycles. The molecule has 0 unspecified atom stereocenters. The number of nitrogens with zero attached hydrogens (tertiary/aromatic N) is 2. The molecule has 6 aromatic rings. The Bertz CT molecular complexity index is 2650. The Labute approximate surface area is 334 Å². The molecule has 0 N–H and O–H groups in total. The number of carbonyl (C=O) groups excluding carboxylic acids is 4. The van der Waals surface area contributed by atoms with Gasteiger partial charge in [-0.2, -0.15) is 0 Å². The number of rotatable bonds is 8. The van der Waals surface area contributed by atoms with Gasteiger partial charge < -0.3 is 0 Å². The van der Waals surface area contributed by atoms with Gasteiger partial charge >= 0.3 is 0 Å². The topological polar surface area (TPSA) is 74.8 Å². The number of hydrogen-bond acceptors (Lipinski definition) is 4. The van der Waals surface area contributed by atoms with Gasteiger partial charge in [0.05, 0.1) is 33.6 Å². The number of imide groups is 2. The highest BCUT2D eigenvalue weighted by Gasteiger charge is 2.40. The minimum atomic E-state index is -0.333. The van der Waals surface area contributed by atoms with Gasteiger partial charge in [0, 0.05) is 0 Å². The molecule has 0 aliphatic carbocycles. The summed E-state index contributed by atoms with van der Waals surface area (Å²) in [5, 5.41) is 0. The van der Waals surface area contributed by atoms with Crippen molar-refractivity contribution in [1.82, 2.24) is 0 Å². The average Bonchev–Trinajstić information content (AvgIpc) is 3.60. The molecule has 8 rings (SSSR count). The maximum Gasteiger partial charge on any atom is 0.266 e. The van der Waals surface area contributed by atoms with Crippen LogP contribution in [0.2, 0.25) is 0 Å². The van der Waals surface area contributed by atoms with Crippen LogP contribution in [0.15, 0.2) is 115 Å². The zero-order valence-electron chi connectivity index (χ0n) is 33.7. The van der Waals surface area contributed by atoms with E-state index in [9.17, 15) is 19.2 Å². The summed E-state index contributed by atoms with van der Waals surface area (Å²) >= 11 is 0. The molecule has 284 valence electrons. The van der Waals surface area contributed by atoms with Crippen LogP contribution in [0.3, 0.4) is 0 Å². The maximum atomic E-state index is 14.2. The molecule has 2 heterocycles. The van der Waals surface area contributed by atoms with Crippen LogP contribution >= 0.6 is 0 Å². The number of amides is 4. The lowest BCUT2D eigenvalue weighted by Crippen LogP contribution is -2.31. The van der Waals surface area contributed by atoms with Crippen LogP contribution in [-0.2, 0) is 0 Å². The molecule has 57 heavy (non-hydrogen) atoms. The van der Waals surface area contributed by atoms with E-state index in [0.717, 1.165) is 61.2 Å². The summed E-state index contributed by atoms with van der Waals surface area (Å²) in [5.74, 6) is -1.30. The Kier molecular flexibility index (Phi) is 9.39. The fourth-order valence-electron chi connectivity index (χ4n) is 8.16. The van der Waals surface area contributed by atoms with E-state index in [2.05, 4.69) is 53.7 Å². The number of carbonyl (C=O) groups is 4. The third-order valence-corrected chi connectivity index (χ3v) is 11.4. The number of hydrogen-bond donors (Lipinski definition) is 0. The van der Waals surface area contributed by atoms with Gasteiger partial charge in [0.15, 0.2) is 0 Å². The van der Waals surface area contributed by atoms with E-state index in [1.54, 1.807) is 12.1 Å². The molecule has 6 nitrogen and oxygen atoms in total. The van der Waals surface area contributed by atoms with E-state index in [1.807, 2.05) is 105 Å². The first-order valence-electron chi connectivity index (χ1n) is 19.7. The molecule has 0 atom stereocenters. The van der Waals surface area contributed by atoms with Crippen LogP contribution in [0.4, 0.5) is 11.4 Å². The van der Waals surface area contributed by atoms with Crippen LogP contribution in [-0.4, -0.2) is 23.6 Å². The second-order valence-electron chi connectivity index (χ2n) is 16.4. The lowest BCUT2D eigenvalue weighted by atomic mass is 9.85. The molecule has 0 aromatic heterocycles. The van der Waals surface area contributed by atoms with Crippen molar-refractivity contribution < 1.29 is 19.2 Å². The third-order valence-electron chi connectivity index (χ3n) is 11.4. The van der Waals surface area contributed by atoms with Gasteiger partial charge in [-0.25, -0.2) is 9.80 Å². The van der Waals surface area contributed by atoms with E-state index >= 15 is 0 Å². The van der Waals surface area contributed by atoms with E-state index in [0.29, 0.717) is 33.6 Å². The molecule has 2 aliphatic rings. The smallest absolute Gasteiger partial charge is 0.266 e. The fraction of sp³-hybridized carbons (Fsp3) is 0.216. The molecule has 6 heteroatoms. The van der Waals surface area contributed by atoms with Crippen molar-refractivity contribution in [3.05, 3.63) is 165 Å². The highest BCUT2D eigenvalue weighted by Crippen LogP contribution is 2.44. The maximum absolute atomic E-state index is 14.2. The Morgan fingerprint density at radius 3 is 1.18 bits per heavy atom. The van der Waals surface area contributed by atoms with Crippen molar-refractivity contribution in [3.8, 4) is 33.4 Å². The van der Waals surface area contributed by atoms with Crippen LogP contribution in [0.5, 0.6) is 0 Å².